The smallest absolute Gasteiger partial charge is 0.295 e. The Balaban J connectivity index is 1.37. The number of benzene rings is 2. The second-order valence-corrected chi connectivity index (χ2v) is 7.74. The molecule has 1 N–H and O–H groups in total. The number of rotatable bonds is 4. The Bertz CT molecular complexity index is 1000. The van der Waals surface area contributed by atoms with Crippen molar-refractivity contribution in [3.8, 4) is 0 Å². The lowest BCUT2D eigenvalue weighted by atomic mass is 10.1. The third-order valence-corrected chi connectivity index (χ3v) is 5.38. The third-order valence-electron chi connectivity index (χ3n) is 4.82. The molecule has 140 valence electrons. The van der Waals surface area contributed by atoms with Crippen molar-refractivity contribution in [1.29, 1.82) is 0 Å². The molecule has 1 saturated heterocycles. The zero-order valence-electron chi connectivity index (χ0n) is 14.8. The van der Waals surface area contributed by atoms with E-state index >= 15 is 0 Å². The number of aromatic nitrogens is 1. The highest BCUT2D eigenvalue weighted by Crippen LogP contribution is 2.25. The zero-order chi connectivity index (χ0) is 19.0. The van der Waals surface area contributed by atoms with E-state index in [1.165, 1.54) is 0 Å². The van der Waals surface area contributed by atoms with Gasteiger partial charge in [-0.1, -0.05) is 34.8 Å². The van der Waals surface area contributed by atoms with Gasteiger partial charge in [-0.3, -0.25) is 4.79 Å². The molecule has 0 saturated carbocycles. The maximum atomic E-state index is 12.8. The minimum Gasteiger partial charge on any atom is -0.424 e. The first kappa shape index (κ1) is 18.1. The highest BCUT2D eigenvalue weighted by atomic mass is 35.5. The van der Waals surface area contributed by atoms with Crippen LogP contribution in [0, 0.1) is 12.8 Å². The summed E-state index contributed by atoms with van der Waals surface area (Å²) in [5.41, 5.74) is 3.01. The lowest BCUT2D eigenvalue weighted by Crippen LogP contribution is -2.30. The van der Waals surface area contributed by atoms with E-state index in [9.17, 15) is 4.79 Å². The molecule has 7 heteroatoms. The van der Waals surface area contributed by atoms with E-state index < -0.39 is 0 Å². The molecular formula is C20H19Cl2N3O2. The SMILES string of the molecule is Cc1ccc(Cl)c(C(=O)N2CC[C@@H](CNc3nc4ccc(Cl)cc4o3)C2)c1. The number of fused-ring (bicyclic) bond motifs is 1. The van der Waals surface area contributed by atoms with E-state index in [0.717, 1.165) is 24.0 Å². The topological polar surface area (TPSA) is 58.4 Å². The number of anilines is 1. The van der Waals surface area contributed by atoms with Crippen molar-refractivity contribution in [1.82, 2.24) is 9.88 Å². The number of aryl methyl sites for hydroxylation is 1. The first-order valence-electron chi connectivity index (χ1n) is 8.85. The van der Waals surface area contributed by atoms with Crippen molar-refractivity contribution in [2.24, 2.45) is 5.92 Å². The van der Waals surface area contributed by atoms with Gasteiger partial charge >= 0.3 is 0 Å². The van der Waals surface area contributed by atoms with Crippen LogP contribution in [0.25, 0.3) is 11.1 Å². The summed E-state index contributed by atoms with van der Waals surface area (Å²) in [5, 5.41) is 4.34. The van der Waals surface area contributed by atoms with E-state index in [2.05, 4.69) is 10.3 Å². The van der Waals surface area contributed by atoms with Gasteiger partial charge in [-0.05, 0) is 43.5 Å². The van der Waals surface area contributed by atoms with E-state index in [0.29, 0.717) is 46.2 Å². The maximum Gasteiger partial charge on any atom is 0.295 e. The van der Waals surface area contributed by atoms with E-state index in [1.54, 1.807) is 18.2 Å². The van der Waals surface area contributed by atoms with E-state index in [-0.39, 0.29) is 5.91 Å². The Morgan fingerprint density at radius 1 is 1.30 bits per heavy atom. The summed E-state index contributed by atoms with van der Waals surface area (Å²) < 4.78 is 5.68. The van der Waals surface area contributed by atoms with Crippen molar-refractivity contribution in [2.75, 3.05) is 25.0 Å². The van der Waals surface area contributed by atoms with Crippen LogP contribution >= 0.6 is 23.2 Å². The molecule has 1 aliphatic rings. The number of nitrogens with one attached hydrogen (secondary N) is 1. The molecule has 1 aromatic heterocycles. The molecule has 1 fully saturated rings. The van der Waals surface area contributed by atoms with Crippen molar-refractivity contribution < 1.29 is 9.21 Å². The van der Waals surface area contributed by atoms with Gasteiger partial charge in [0.25, 0.3) is 11.9 Å². The molecule has 1 atom stereocenters. The Kier molecular flexibility index (Phi) is 4.98. The number of hydrogen-bond acceptors (Lipinski definition) is 4. The van der Waals surface area contributed by atoms with Crippen LogP contribution in [0.2, 0.25) is 10.0 Å². The predicted octanol–water partition coefficient (Wildman–Crippen LogP) is 5.02. The fourth-order valence-corrected chi connectivity index (χ4v) is 3.72. The number of carbonyl (C=O) groups is 1. The molecular weight excluding hydrogens is 385 g/mol. The molecule has 0 aliphatic carbocycles. The number of amides is 1. The van der Waals surface area contributed by atoms with Gasteiger partial charge in [0.05, 0.1) is 10.6 Å². The maximum absolute atomic E-state index is 12.8. The molecule has 3 aromatic rings. The first-order valence-corrected chi connectivity index (χ1v) is 9.60. The van der Waals surface area contributed by atoms with Crippen LogP contribution < -0.4 is 5.32 Å². The second-order valence-electron chi connectivity index (χ2n) is 6.90. The average Bonchev–Trinajstić information content (AvgIpc) is 3.27. The zero-order valence-corrected chi connectivity index (χ0v) is 16.3. The van der Waals surface area contributed by atoms with Crippen LogP contribution in [0.15, 0.2) is 40.8 Å². The van der Waals surface area contributed by atoms with Crippen LogP contribution in [-0.4, -0.2) is 35.4 Å². The van der Waals surface area contributed by atoms with E-state index in [1.807, 2.05) is 30.0 Å². The monoisotopic (exact) mass is 403 g/mol. The minimum absolute atomic E-state index is 0.0114. The highest BCUT2D eigenvalue weighted by molar-refractivity contribution is 6.33. The van der Waals surface area contributed by atoms with Crippen LogP contribution in [0.3, 0.4) is 0 Å². The highest BCUT2D eigenvalue weighted by Gasteiger charge is 2.28. The van der Waals surface area contributed by atoms with Crippen LogP contribution in [0.1, 0.15) is 22.3 Å². The van der Waals surface area contributed by atoms with Gasteiger partial charge in [-0.15, -0.1) is 0 Å². The fourth-order valence-electron chi connectivity index (χ4n) is 3.36. The molecule has 27 heavy (non-hydrogen) atoms. The third kappa shape index (κ3) is 3.89. The molecule has 2 heterocycles. The first-order chi connectivity index (χ1) is 13.0. The molecule has 0 radical (unpaired) electrons. The molecule has 1 aliphatic heterocycles. The lowest BCUT2D eigenvalue weighted by Gasteiger charge is -2.17. The van der Waals surface area contributed by atoms with Crippen molar-refractivity contribution in [2.45, 2.75) is 13.3 Å². The number of oxazole rings is 1. The van der Waals surface area contributed by atoms with Gasteiger partial charge in [-0.25, -0.2) is 0 Å². The van der Waals surface area contributed by atoms with Crippen molar-refractivity contribution in [3.63, 3.8) is 0 Å². The quantitative estimate of drug-likeness (QED) is 0.664. The molecule has 0 bridgehead atoms. The van der Waals surface area contributed by atoms with Gasteiger partial charge in [0.15, 0.2) is 5.58 Å². The summed E-state index contributed by atoms with van der Waals surface area (Å²) in [6.07, 6.45) is 0.925. The van der Waals surface area contributed by atoms with Gasteiger partial charge in [0.2, 0.25) is 0 Å². The summed E-state index contributed by atoms with van der Waals surface area (Å²) in [6.45, 7) is 4.05. The summed E-state index contributed by atoms with van der Waals surface area (Å²) >= 11 is 12.2. The summed E-state index contributed by atoms with van der Waals surface area (Å²) in [6, 6.07) is 11.4. The normalized spacial score (nSPS) is 16.9. The number of halogens is 2. The molecule has 4 rings (SSSR count). The van der Waals surface area contributed by atoms with Gasteiger partial charge in [-0.2, -0.15) is 4.98 Å². The number of hydrogen-bond donors (Lipinski definition) is 1. The standard InChI is InChI=1S/C20H19Cl2N3O2/c1-12-2-4-16(22)15(8-12)19(26)25-7-6-13(11-25)10-23-20-24-17-5-3-14(21)9-18(17)27-20/h2-5,8-9,13H,6-7,10-11H2,1H3,(H,23,24)/t13-/m0/s1. The number of likely N-dealkylation sites (tertiary alicyclic amines) is 1. The number of carbonyl (C=O) groups excluding carboxylic acids is 1. The van der Waals surface area contributed by atoms with Gasteiger partial charge < -0.3 is 14.6 Å². The van der Waals surface area contributed by atoms with E-state index in [4.69, 9.17) is 27.6 Å². The summed E-state index contributed by atoms with van der Waals surface area (Å²) in [5.74, 6) is 0.318. The lowest BCUT2D eigenvalue weighted by molar-refractivity contribution is 0.0788. The van der Waals surface area contributed by atoms with Crippen LogP contribution in [0.5, 0.6) is 0 Å². The summed E-state index contributed by atoms with van der Waals surface area (Å²) in [7, 11) is 0. The molecule has 5 nitrogen and oxygen atoms in total. The van der Waals surface area contributed by atoms with Crippen molar-refractivity contribution >= 4 is 46.2 Å². The van der Waals surface area contributed by atoms with Crippen molar-refractivity contribution in [3.05, 3.63) is 57.6 Å². The summed E-state index contributed by atoms with van der Waals surface area (Å²) in [4.78, 5) is 19.0. The fraction of sp³-hybridized carbons (Fsp3) is 0.300. The largest absolute Gasteiger partial charge is 0.424 e. The minimum atomic E-state index is -0.0114. The Morgan fingerprint density at radius 2 is 2.15 bits per heavy atom. The number of nitrogens with zero attached hydrogens (tertiary/aromatic N) is 2. The molecule has 0 unspecified atom stereocenters. The molecule has 1 amide bonds. The molecule has 0 spiro atoms. The Morgan fingerprint density at radius 3 is 3.00 bits per heavy atom. The van der Waals surface area contributed by atoms with Crippen LogP contribution in [-0.2, 0) is 0 Å². The Hall–Kier alpha value is -2.24. The second kappa shape index (κ2) is 7.41. The molecule has 2 aromatic carbocycles. The predicted molar refractivity (Wildman–Crippen MR) is 108 cm³/mol. The average molecular weight is 404 g/mol. The van der Waals surface area contributed by atoms with Crippen LogP contribution in [0.4, 0.5) is 6.01 Å². The Labute approximate surface area is 167 Å². The van der Waals surface area contributed by atoms with Gasteiger partial charge in [0.1, 0.15) is 5.52 Å². The van der Waals surface area contributed by atoms with Gasteiger partial charge in [0, 0.05) is 30.7 Å².